The molecule has 0 saturated heterocycles. The van der Waals surface area contributed by atoms with Crippen LogP contribution in [0.3, 0.4) is 0 Å². The fourth-order valence-corrected chi connectivity index (χ4v) is 1.88. The number of likely N-dealkylation sites (N-methyl/N-ethyl adjacent to an activating group) is 1. The number of anilines is 1. The first-order valence-electron chi connectivity index (χ1n) is 6.00. The molecule has 0 aliphatic rings. The number of aliphatic hydroxyl groups excluding tert-OH is 1. The van der Waals surface area contributed by atoms with E-state index in [1.807, 2.05) is 0 Å². The Balaban J connectivity index is 3.28. The summed E-state index contributed by atoms with van der Waals surface area (Å²) in [5, 5.41) is 8.96. The Morgan fingerprint density at radius 1 is 1.37 bits per heavy atom. The number of rotatable bonds is 5. The summed E-state index contributed by atoms with van der Waals surface area (Å²) in [6.07, 6.45) is -4.44. The highest BCUT2D eigenvalue weighted by atomic mass is 19.4. The van der Waals surface area contributed by atoms with Crippen LogP contribution in [-0.4, -0.2) is 18.2 Å². The number of halogens is 3. The number of aliphatic hydroxyl groups is 1. The fourth-order valence-electron chi connectivity index (χ4n) is 1.88. The average molecular weight is 273 g/mol. The van der Waals surface area contributed by atoms with E-state index >= 15 is 0 Å². The Kier molecular flexibility index (Phi) is 5.00. The zero-order valence-electron chi connectivity index (χ0n) is 11.1. The lowest BCUT2D eigenvalue weighted by Crippen LogP contribution is -2.27. The van der Waals surface area contributed by atoms with E-state index in [1.165, 1.54) is 12.1 Å². The van der Waals surface area contributed by atoms with Crippen LogP contribution in [0.25, 0.3) is 0 Å². The van der Waals surface area contributed by atoms with Crippen molar-refractivity contribution in [1.29, 1.82) is 0 Å². The minimum Gasteiger partial charge on any atom is -0.392 e. The van der Waals surface area contributed by atoms with Gasteiger partial charge in [-0.15, -0.1) is 0 Å². The van der Waals surface area contributed by atoms with Gasteiger partial charge in [-0.25, -0.2) is 0 Å². The van der Waals surface area contributed by atoms with Gasteiger partial charge in [0.15, 0.2) is 0 Å². The van der Waals surface area contributed by atoms with Crippen LogP contribution < -0.4 is 4.90 Å². The van der Waals surface area contributed by atoms with Crippen molar-refractivity contribution in [3.8, 4) is 0 Å². The van der Waals surface area contributed by atoms with Crippen LogP contribution >= 0.6 is 0 Å². The van der Waals surface area contributed by atoms with Crippen molar-refractivity contribution in [2.24, 2.45) is 0 Å². The lowest BCUT2D eigenvalue weighted by atomic mass is 10.1. The Labute approximate surface area is 111 Å². The van der Waals surface area contributed by atoms with Crippen molar-refractivity contribution in [1.82, 2.24) is 0 Å². The van der Waals surface area contributed by atoms with E-state index in [-0.39, 0.29) is 11.3 Å². The molecular formula is C14H18F3NO. The number of benzene rings is 1. The molecule has 0 fully saturated rings. The monoisotopic (exact) mass is 273 g/mol. The molecule has 0 unspecified atom stereocenters. The second-order valence-electron chi connectivity index (χ2n) is 4.48. The first-order valence-corrected chi connectivity index (χ1v) is 6.00. The molecule has 0 heterocycles. The molecule has 106 valence electrons. The van der Waals surface area contributed by atoms with Gasteiger partial charge in [-0.3, -0.25) is 0 Å². The molecular weight excluding hydrogens is 255 g/mol. The largest absolute Gasteiger partial charge is 0.418 e. The molecule has 5 heteroatoms. The van der Waals surface area contributed by atoms with Gasteiger partial charge in [0.05, 0.1) is 12.2 Å². The van der Waals surface area contributed by atoms with Crippen molar-refractivity contribution in [2.75, 3.05) is 18.0 Å². The quantitative estimate of drug-likeness (QED) is 0.829. The molecule has 0 spiro atoms. The van der Waals surface area contributed by atoms with Crippen LogP contribution in [0.4, 0.5) is 18.9 Å². The molecule has 0 aliphatic carbocycles. The van der Waals surface area contributed by atoms with Crippen molar-refractivity contribution in [3.05, 3.63) is 41.5 Å². The molecule has 1 aromatic carbocycles. The SMILES string of the molecule is C=C(C)CN(CC)c1ccc(CO)cc1C(F)(F)F. The molecule has 2 nitrogen and oxygen atoms in total. The third-order valence-electron chi connectivity index (χ3n) is 2.73. The van der Waals surface area contributed by atoms with Gasteiger partial charge in [0, 0.05) is 18.8 Å². The zero-order valence-corrected chi connectivity index (χ0v) is 11.1. The van der Waals surface area contributed by atoms with E-state index in [2.05, 4.69) is 6.58 Å². The van der Waals surface area contributed by atoms with Crippen LogP contribution in [0.15, 0.2) is 30.4 Å². The van der Waals surface area contributed by atoms with Gasteiger partial charge in [0.2, 0.25) is 0 Å². The van der Waals surface area contributed by atoms with Crippen LogP contribution in [0.5, 0.6) is 0 Å². The van der Waals surface area contributed by atoms with Crippen LogP contribution in [-0.2, 0) is 12.8 Å². The molecule has 1 rings (SSSR count). The predicted molar refractivity (Wildman–Crippen MR) is 70.1 cm³/mol. The molecule has 0 saturated carbocycles. The first-order chi connectivity index (χ1) is 8.79. The summed E-state index contributed by atoms with van der Waals surface area (Å²) >= 11 is 0. The second kappa shape index (κ2) is 6.10. The maximum atomic E-state index is 13.1. The molecule has 0 bridgehead atoms. The summed E-state index contributed by atoms with van der Waals surface area (Å²) in [7, 11) is 0. The lowest BCUT2D eigenvalue weighted by Gasteiger charge is -2.27. The number of alkyl halides is 3. The van der Waals surface area contributed by atoms with Gasteiger partial charge in [0.25, 0.3) is 0 Å². The van der Waals surface area contributed by atoms with E-state index in [0.29, 0.717) is 13.1 Å². The molecule has 1 aromatic rings. The van der Waals surface area contributed by atoms with E-state index in [0.717, 1.165) is 11.6 Å². The summed E-state index contributed by atoms with van der Waals surface area (Å²) in [5.74, 6) is 0. The van der Waals surface area contributed by atoms with Crippen molar-refractivity contribution in [2.45, 2.75) is 26.6 Å². The first kappa shape index (κ1) is 15.6. The van der Waals surface area contributed by atoms with E-state index in [9.17, 15) is 13.2 Å². The molecule has 0 aliphatic heterocycles. The highest BCUT2D eigenvalue weighted by Crippen LogP contribution is 2.37. The highest BCUT2D eigenvalue weighted by molar-refractivity contribution is 5.57. The van der Waals surface area contributed by atoms with Gasteiger partial charge in [-0.1, -0.05) is 18.2 Å². The van der Waals surface area contributed by atoms with Gasteiger partial charge in [-0.2, -0.15) is 13.2 Å². The van der Waals surface area contributed by atoms with Crippen LogP contribution in [0.2, 0.25) is 0 Å². The van der Waals surface area contributed by atoms with Crippen molar-refractivity contribution < 1.29 is 18.3 Å². The number of hydrogen-bond acceptors (Lipinski definition) is 2. The standard InChI is InChI=1S/C14H18F3NO/c1-4-18(8-10(2)3)13-6-5-11(9-19)7-12(13)14(15,16)17/h5-7,19H,2,4,8-9H2,1,3H3. The van der Waals surface area contributed by atoms with E-state index in [4.69, 9.17) is 5.11 Å². The molecule has 19 heavy (non-hydrogen) atoms. The Morgan fingerprint density at radius 3 is 2.42 bits per heavy atom. The molecule has 1 N–H and O–H groups in total. The summed E-state index contributed by atoms with van der Waals surface area (Å²) in [5.41, 5.74) is 0.445. The number of nitrogens with zero attached hydrogens (tertiary/aromatic N) is 1. The smallest absolute Gasteiger partial charge is 0.392 e. The number of hydrogen-bond donors (Lipinski definition) is 1. The van der Waals surface area contributed by atoms with E-state index in [1.54, 1.807) is 18.7 Å². The van der Waals surface area contributed by atoms with Crippen molar-refractivity contribution >= 4 is 5.69 Å². The minimum absolute atomic E-state index is 0.121. The fraction of sp³-hybridized carbons (Fsp3) is 0.429. The topological polar surface area (TPSA) is 23.5 Å². The predicted octanol–water partition coefficient (Wildman–Crippen LogP) is 3.60. The molecule has 0 amide bonds. The third-order valence-corrected chi connectivity index (χ3v) is 2.73. The Hall–Kier alpha value is -1.49. The molecule has 0 aromatic heterocycles. The van der Waals surface area contributed by atoms with E-state index < -0.39 is 18.3 Å². The molecule has 0 radical (unpaired) electrons. The van der Waals surface area contributed by atoms with Crippen molar-refractivity contribution in [3.63, 3.8) is 0 Å². The minimum atomic E-state index is -4.44. The van der Waals surface area contributed by atoms with Crippen LogP contribution in [0.1, 0.15) is 25.0 Å². The summed E-state index contributed by atoms with van der Waals surface area (Å²) < 4.78 is 39.2. The maximum absolute atomic E-state index is 13.1. The van der Waals surface area contributed by atoms with Gasteiger partial charge in [0.1, 0.15) is 0 Å². The maximum Gasteiger partial charge on any atom is 0.418 e. The van der Waals surface area contributed by atoms with Gasteiger partial charge < -0.3 is 10.0 Å². The second-order valence-corrected chi connectivity index (χ2v) is 4.48. The summed E-state index contributed by atoms with van der Waals surface area (Å²) in [4.78, 5) is 1.62. The average Bonchev–Trinajstić information content (AvgIpc) is 2.34. The normalized spacial score (nSPS) is 11.5. The van der Waals surface area contributed by atoms with Gasteiger partial charge >= 0.3 is 6.18 Å². The van der Waals surface area contributed by atoms with Gasteiger partial charge in [-0.05, 0) is 31.5 Å². The molecule has 0 atom stereocenters. The Bertz CT molecular complexity index is 454. The zero-order chi connectivity index (χ0) is 14.6. The summed E-state index contributed by atoms with van der Waals surface area (Å²) in [6.45, 7) is 7.72. The Morgan fingerprint density at radius 2 is 2.00 bits per heavy atom. The summed E-state index contributed by atoms with van der Waals surface area (Å²) in [6, 6.07) is 3.91. The highest BCUT2D eigenvalue weighted by Gasteiger charge is 2.34. The third kappa shape index (κ3) is 3.99. The van der Waals surface area contributed by atoms with Crippen LogP contribution in [0, 0.1) is 0 Å². The lowest BCUT2D eigenvalue weighted by molar-refractivity contribution is -0.137.